The van der Waals surface area contributed by atoms with Gasteiger partial charge in [-0.3, -0.25) is 5.10 Å². The minimum atomic E-state index is -0.263. The molecule has 3 aromatic rings. The Bertz CT molecular complexity index is 812. The number of benzene rings is 1. The van der Waals surface area contributed by atoms with E-state index < -0.39 is 0 Å². The molecule has 6 nitrogen and oxygen atoms in total. The number of aromatic nitrogens is 4. The first-order valence-electron chi connectivity index (χ1n) is 6.25. The molecule has 1 aliphatic heterocycles. The molecule has 0 saturated carbocycles. The number of fused-ring (bicyclic) bond motifs is 2. The maximum Gasteiger partial charge on any atom is 0.224 e. The minimum absolute atomic E-state index is 0.168. The molecule has 0 unspecified atom stereocenters. The van der Waals surface area contributed by atoms with Crippen LogP contribution in [0.1, 0.15) is 5.56 Å². The molecular weight excluding hydrogens is 259 g/mol. The third-order valence-electron chi connectivity index (χ3n) is 3.51. The lowest BCUT2D eigenvalue weighted by Crippen LogP contribution is -2.16. The molecule has 20 heavy (non-hydrogen) atoms. The number of H-pyrrole nitrogens is 1. The van der Waals surface area contributed by atoms with Crippen LogP contribution in [0.25, 0.3) is 11.0 Å². The van der Waals surface area contributed by atoms with E-state index in [0.29, 0.717) is 11.5 Å². The first-order chi connectivity index (χ1) is 9.72. The average molecular weight is 270 g/mol. The maximum atomic E-state index is 13.5. The number of anilines is 3. The van der Waals surface area contributed by atoms with Crippen LogP contribution in [0, 0.1) is 5.82 Å². The fraction of sp³-hybridized carbons (Fsp3) is 0.154. The highest BCUT2D eigenvalue weighted by atomic mass is 19.1. The van der Waals surface area contributed by atoms with Crippen LogP contribution in [0.5, 0.6) is 0 Å². The van der Waals surface area contributed by atoms with Crippen LogP contribution in [0.4, 0.5) is 21.8 Å². The molecule has 0 fully saturated rings. The van der Waals surface area contributed by atoms with E-state index in [1.165, 1.54) is 12.1 Å². The molecular formula is C13H11FN6. The molecule has 7 heteroatoms. The topological polar surface area (TPSA) is 83.7 Å². The van der Waals surface area contributed by atoms with E-state index in [-0.39, 0.29) is 11.8 Å². The van der Waals surface area contributed by atoms with E-state index >= 15 is 0 Å². The second-order valence-electron chi connectivity index (χ2n) is 4.71. The molecule has 1 aromatic carbocycles. The van der Waals surface area contributed by atoms with Gasteiger partial charge in [0.2, 0.25) is 5.95 Å². The lowest BCUT2D eigenvalue weighted by Gasteiger charge is -2.19. The zero-order chi connectivity index (χ0) is 13.7. The Morgan fingerprint density at radius 3 is 3.10 bits per heavy atom. The Kier molecular flexibility index (Phi) is 2.17. The minimum Gasteiger partial charge on any atom is -0.368 e. The van der Waals surface area contributed by atoms with Crippen LogP contribution < -0.4 is 10.6 Å². The molecule has 0 atom stereocenters. The van der Waals surface area contributed by atoms with Crippen LogP contribution in [-0.4, -0.2) is 26.7 Å². The molecule has 3 heterocycles. The van der Waals surface area contributed by atoms with Gasteiger partial charge >= 0.3 is 0 Å². The third-order valence-corrected chi connectivity index (χ3v) is 3.51. The Morgan fingerprint density at radius 1 is 1.30 bits per heavy atom. The lowest BCUT2D eigenvalue weighted by molar-refractivity contribution is 0.628. The number of hydrogen-bond acceptors (Lipinski definition) is 5. The molecule has 0 aliphatic carbocycles. The first-order valence-corrected chi connectivity index (χ1v) is 6.25. The van der Waals surface area contributed by atoms with Gasteiger partial charge in [0.1, 0.15) is 11.6 Å². The summed E-state index contributed by atoms with van der Waals surface area (Å²) < 4.78 is 13.5. The van der Waals surface area contributed by atoms with E-state index in [1.807, 2.05) is 11.0 Å². The van der Waals surface area contributed by atoms with Crippen LogP contribution in [0.15, 0.2) is 24.4 Å². The molecule has 4 rings (SSSR count). The first kappa shape index (κ1) is 11.2. The van der Waals surface area contributed by atoms with E-state index in [0.717, 1.165) is 29.6 Å². The molecule has 0 spiro atoms. The molecule has 0 amide bonds. The highest BCUT2D eigenvalue weighted by molar-refractivity contribution is 5.90. The van der Waals surface area contributed by atoms with Gasteiger partial charge in [0.05, 0.1) is 11.6 Å². The van der Waals surface area contributed by atoms with Crippen molar-refractivity contribution < 1.29 is 4.39 Å². The fourth-order valence-corrected chi connectivity index (χ4v) is 2.61. The number of hydrogen-bond donors (Lipinski definition) is 2. The average Bonchev–Trinajstić information content (AvgIpc) is 3.03. The lowest BCUT2D eigenvalue weighted by atomic mass is 10.2. The predicted octanol–water partition coefficient (Wildman–Crippen LogP) is 1.77. The summed E-state index contributed by atoms with van der Waals surface area (Å²) in [6.45, 7) is 0.732. The van der Waals surface area contributed by atoms with Crippen molar-refractivity contribution in [2.24, 2.45) is 0 Å². The van der Waals surface area contributed by atoms with Gasteiger partial charge in [0, 0.05) is 12.2 Å². The molecule has 0 saturated heterocycles. The van der Waals surface area contributed by atoms with Gasteiger partial charge < -0.3 is 10.6 Å². The molecule has 0 bridgehead atoms. The van der Waals surface area contributed by atoms with Crippen molar-refractivity contribution in [3.8, 4) is 0 Å². The van der Waals surface area contributed by atoms with Gasteiger partial charge in [0.15, 0.2) is 5.65 Å². The largest absolute Gasteiger partial charge is 0.368 e. The van der Waals surface area contributed by atoms with Crippen LogP contribution in [0.3, 0.4) is 0 Å². The molecule has 100 valence electrons. The number of halogens is 1. The van der Waals surface area contributed by atoms with Crippen LogP contribution in [-0.2, 0) is 6.42 Å². The van der Waals surface area contributed by atoms with E-state index in [2.05, 4.69) is 20.2 Å². The number of nitrogen functional groups attached to an aromatic ring is 1. The standard InChI is InChI=1S/C13H11FN6/c14-8-2-1-7-3-4-20(10(7)5-8)12-9-6-16-19-11(9)17-13(15)18-12/h1-2,5-6H,3-4H2,(H3,15,16,17,18,19). The van der Waals surface area contributed by atoms with Crippen molar-refractivity contribution in [1.29, 1.82) is 0 Å². The number of nitrogens with two attached hydrogens (primary N) is 1. The summed E-state index contributed by atoms with van der Waals surface area (Å²) >= 11 is 0. The smallest absolute Gasteiger partial charge is 0.224 e. The van der Waals surface area contributed by atoms with Crippen LogP contribution >= 0.6 is 0 Å². The van der Waals surface area contributed by atoms with Crippen molar-refractivity contribution in [3.05, 3.63) is 35.8 Å². The number of rotatable bonds is 1. The van der Waals surface area contributed by atoms with Crippen molar-refractivity contribution in [1.82, 2.24) is 20.2 Å². The normalized spacial score (nSPS) is 13.9. The second-order valence-corrected chi connectivity index (χ2v) is 4.71. The predicted molar refractivity (Wildman–Crippen MR) is 73.2 cm³/mol. The SMILES string of the molecule is Nc1nc(N2CCc3ccc(F)cc32)c2cn[nH]c2n1. The Hall–Kier alpha value is -2.70. The van der Waals surface area contributed by atoms with Crippen molar-refractivity contribution >= 4 is 28.5 Å². The molecule has 2 aromatic heterocycles. The van der Waals surface area contributed by atoms with E-state index in [1.54, 1.807) is 6.20 Å². The van der Waals surface area contributed by atoms with Crippen molar-refractivity contribution in [2.75, 3.05) is 17.2 Å². The second kappa shape index (κ2) is 3.89. The monoisotopic (exact) mass is 270 g/mol. The summed E-state index contributed by atoms with van der Waals surface area (Å²) in [4.78, 5) is 10.3. The van der Waals surface area contributed by atoms with E-state index in [4.69, 9.17) is 5.73 Å². The van der Waals surface area contributed by atoms with Crippen molar-refractivity contribution in [2.45, 2.75) is 6.42 Å². The quantitative estimate of drug-likeness (QED) is 0.704. The summed E-state index contributed by atoms with van der Waals surface area (Å²) in [6, 6.07) is 4.80. The molecule has 1 aliphatic rings. The van der Waals surface area contributed by atoms with Gasteiger partial charge in [-0.2, -0.15) is 15.1 Å². The van der Waals surface area contributed by atoms with Gasteiger partial charge in [0.25, 0.3) is 0 Å². The Labute approximate surface area is 113 Å². The third kappa shape index (κ3) is 1.52. The van der Waals surface area contributed by atoms with Gasteiger partial charge in [-0.15, -0.1) is 0 Å². The number of nitrogens with one attached hydrogen (secondary N) is 1. The number of nitrogens with zero attached hydrogens (tertiary/aromatic N) is 4. The van der Waals surface area contributed by atoms with E-state index in [9.17, 15) is 4.39 Å². The fourth-order valence-electron chi connectivity index (χ4n) is 2.61. The van der Waals surface area contributed by atoms with Crippen molar-refractivity contribution in [3.63, 3.8) is 0 Å². The zero-order valence-electron chi connectivity index (χ0n) is 10.5. The summed E-state index contributed by atoms with van der Waals surface area (Å²) in [7, 11) is 0. The highest BCUT2D eigenvalue weighted by Crippen LogP contribution is 2.36. The molecule has 0 radical (unpaired) electrons. The summed E-state index contributed by atoms with van der Waals surface area (Å²) in [5.41, 5.74) is 8.23. The number of aromatic amines is 1. The van der Waals surface area contributed by atoms with Crippen LogP contribution in [0.2, 0.25) is 0 Å². The zero-order valence-corrected chi connectivity index (χ0v) is 10.5. The maximum absolute atomic E-state index is 13.5. The Morgan fingerprint density at radius 2 is 2.20 bits per heavy atom. The summed E-state index contributed by atoms with van der Waals surface area (Å²) in [6.07, 6.45) is 2.50. The molecule has 3 N–H and O–H groups in total. The van der Waals surface area contributed by atoms with Gasteiger partial charge in [-0.1, -0.05) is 6.07 Å². The van der Waals surface area contributed by atoms with Gasteiger partial charge in [-0.25, -0.2) is 4.39 Å². The summed E-state index contributed by atoms with van der Waals surface area (Å²) in [5.74, 6) is 0.563. The Balaban J connectivity index is 1.94. The summed E-state index contributed by atoms with van der Waals surface area (Å²) in [5, 5.41) is 7.52. The highest BCUT2D eigenvalue weighted by Gasteiger charge is 2.24. The van der Waals surface area contributed by atoms with Gasteiger partial charge in [-0.05, 0) is 24.1 Å².